The highest BCUT2D eigenvalue weighted by atomic mass is 32.1. The number of fused-ring (bicyclic) bond motifs is 3. The summed E-state index contributed by atoms with van der Waals surface area (Å²) in [6.45, 7) is 5.84. The summed E-state index contributed by atoms with van der Waals surface area (Å²) in [5.74, 6) is -0.221. The molecule has 0 spiro atoms. The van der Waals surface area contributed by atoms with Crippen LogP contribution in [0.4, 0.5) is 5.69 Å². The number of carbonyl (C=O) groups excluding carboxylic acids is 1. The van der Waals surface area contributed by atoms with E-state index in [9.17, 15) is 9.59 Å². The zero-order valence-corrected chi connectivity index (χ0v) is 17.5. The van der Waals surface area contributed by atoms with Crippen molar-refractivity contribution in [2.24, 2.45) is 0 Å². The maximum Gasteiger partial charge on any atom is 0.276 e. The van der Waals surface area contributed by atoms with Crippen LogP contribution in [0.3, 0.4) is 0 Å². The molecular formula is C23H23N3O2S. The van der Waals surface area contributed by atoms with Gasteiger partial charge >= 0.3 is 0 Å². The Bertz CT molecular complexity index is 1270. The van der Waals surface area contributed by atoms with Gasteiger partial charge in [-0.15, -0.1) is 11.3 Å². The number of benzene rings is 2. The standard InChI is InChI=1S/C23H23N3O2S/c1-4-15-10-6-8-12-17(15)24-22(27)18(5-2)26-23(28)20-16-11-7-9-13-19(16)29-21(20)14(3)25-26/h6-13,18H,4-5H2,1-3H3,(H,24,27). The van der Waals surface area contributed by atoms with Crippen molar-refractivity contribution in [3.05, 3.63) is 70.1 Å². The Kier molecular flexibility index (Phi) is 5.20. The van der Waals surface area contributed by atoms with Gasteiger partial charge in [0.1, 0.15) is 6.04 Å². The van der Waals surface area contributed by atoms with Gasteiger partial charge in [-0.1, -0.05) is 50.2 Å². The molecule has 2 aromatic carbocycles. The first-order chi connectivity index (χ1) is 14.0. The van der Waals surface area contributed by atoms with Crippen LogP contribution in [0, 0.1) is 6.92 Å². The second kappa shape index (κ2) is 7.79. The molecule has 0 aliphatic heterocycles. The minimum atomic E-state index is -0.672. The molecule has 1 atom stereocenters. The van der Waals surface area contributed by atoms with E-state index < -0.39 is 6.04 Å². The average Bonchev–Trinajstić information content (AvgIpc) is 3.13. The first kappa shape index (κ1) is 19.3. The number of rotatable bonds is 5. The fourth-order valence-electron chi connectivity index (χ4n) is 3.73. The van der Waals surface area contributed by atoms with Crippen molar-refractivity contribution in [3.63, 3.8) is 0 Å². The molecule has 29 heavy (non-hydrogen) atoms. The van der Waals surface area contributed by atoms with Crippen LogP contribution in [0.15, 0.2) is 53.3 Å². The van der Waals surface area contributed by atoms with E-state index in [-0.39, 0.29) is 11.5 Å². The van der Waals surface area contributed by atoms with E-state index in [0.29, 0.717) is 11.8 Å². The number of thiophene rings is 1. The van der Waals surface area contributed by atoms with Gasteiger partial charge < -0.3 is 5.32 Å². The van der Waals surface area contributed by atoms with Crippen molar-refractivity contribution in [1.29, 1.82) is 0 Å². The van der Waals surface area contributed by atoms with Gasteiger partial charge in [0.25, 0.3) is 5.56 Å². The number of aromatic nitrogens is 2. The maximum atomic E-state index is 13.4. The number of nitrogens with zero attached hydrogens (tertiary/aromatic N) is 2. The predicted molar refractivity (Wildman–Crippen MR) is 120 cm³/mol. The van der Waals surface area contributed by atoms with Gasteiger partial charge in [-0.3, -0.25) is 9.59 Å². The molecule has 0 aliphatic rings. The molecule has 0 saturated heterocycles. The summed E-state index contributed by atoms with van der Waals surface area (Å²) >= 11 is 1.57. The van der Waals surface area contributed by atoms with E-state index in [1.165, 1.54) is 4.68 Å². The molecule has 2 heterocycles. The first-order valence-electron chi connectivity index (χ1n) is 9.84. The number of hydrogen-bond acceptors (Lipinski definition) is 4. The molecule has 0 radical (unpaired) electrons. The third kappa shape index (κ3) is 3.34. The second-order valence-corrected chi connectivity index (χ2v) is 8.11. The molecule has 5 nitrogen and oxygen atoms in total. The van der Waals surface area contributed by atoms with Crippen molar-refractivity contribution in [2.75, 3.05) is 5.32 Å². The van der Waals surface area contributed by atoms with Gasteiger partial charge in [-0.25, -0.2) is 4.68 Å². The van der Waals surface area contributed by atoms with Gasteiger partial charge in [0.2, 0.25) is 5.91 Å². The lowest BCUT2D eigenvalue weighted by Gasteiger charge is -2.18. The highest BCUT2D eigenvalue weighted by Gasteiger charge is 2.24. The molecule has 148 valence electrons. The van der Waals surface area contributed by atoms with Crippen LogP contribution in [0.5, 0.6) is 0 Å². The quantitative estimate of drug-likeness (QED) is 0.504. The number of hydrogen-bond donors (Lipinski definition) is 1. The molecule has 0 saturated carbocycles. The molecule has 4 rings (SSSR count). The molecule has 1 unspecified atom stereocenters. The van der Waals surface area contributed by atoms with Crippen LogP contribution in [-0.4, -0.2) is 15.7 Å². The molecule has 0 fully saturated rings. The monoisotopic (exact) mass is 405 g/mol. The molecule has 6 heteroatoms. The van der Waals surface area contributed by atoms with Crippen molar-refractivity contribution in [2.45, 2.75) is 39.7 Å². The molecule has 0 bridgehead atoms. The lowest BCUT2D eigenvalue weighted by atomic mass is 10.1. The van der Waals surface area contributed by atoms with Crippen LogP contribution in [0.2, 0.25) is 0 Å². The van der Waals surface area contributed by atoms with Crippen molar-refractivity contribution < 1.29 is 4.79 Å². The number of para-hydroxylation sites is 1. The van der Waals surface area contributed by atoms with Crippen LogP contribution in [-0.2, 0) is 11.2 Å². The Morgan fingerprint density at radius 3 is 2.62 bits per heavy atom. The maximum absolute atomic E-state index is 13.4. The Morgan fingerprint density at radius 1 is 1.14 bits per heavy atom. The summed E-state index contributed by atoms with van der Waals surface area (Å²) in [6.07, 6.45) is 1.29. The van der Waals surface area contributed by atoms with Crippen molar-refractivity contribution in [3.8, 4) is 0 Å². The zero-order chi connectivity index (χ0) is 20.5. The van der Waals surface area contributed by atoms with Gasteiger partial charge in [0.05, 0.1) is 15.8 Å². The Hall–Kier alpha value is -2.99. The highest BCUT2D eigenvalue weighted by molar-refractivity contribution is 7.26. The largest absolute Gasteiger partial charge is 0.324 e. The number of anilines is 1. The van der Waals surface area contributed by atoms with Crippen LogP contribution >= 0.6 is 11.3 Å². The van der Waals surface area contributed by atoms with E-state index in [2.05, 4.69) is 10.4 Å². The molecule has 2 aromatic heterocycles. The SMILES string of the molecule is CCc1ccccc1NC(=O)C(CC)n1nc(C)c2sc3ccccc3c2c1=O. The van der Waals surface area contributed by atoms with Gasteiger partial charge in [-0.2, -0.15) is 5.10 Å². The fourth-order valence-corrected chi connectivity index (χ4v) is 4.86. The topological polar surface area (TPSA) is 64.0 Å². The third-order valence-electron chi connectivity index (χ3n) is 5.24. The van der Waals surface area contributed by atoms with E-state index in [1.54, 1.807) is 11.3 Å². The lowest BCUT2D eigenvalue weighted by Crippen LogP contribution is -2.35. The smallest absolute Gasteiger partial charge is 0.276 e. The molecule has 4 aromatic rings. The summed E-state index contributed by atoms with van der Waals surface area (Å²) in [5.41, 5.74) is 2.39. The summed E-state index contributed by atoms with van der Waals surface area (Å²) in [7, 11) is 0. The number of nitrogens with one attached hydrogen (secondary N) is 1. The number of aryl methyl sites for hydroxylation is 2. The Morgan fingerprint density at radius 2 is 1.86 bits per heavy atom. The first-order valence-corrected chi connectivity index (χ1v) is 10.7. The molecule has 1 amide bonds. The molecule has 0 aliphatic carbocycles. The summed E-state index contributed by atoms with van der Waals surface area (Å²) in [6, 6.07) is 14.9. The third-order valence-corrected chi connectivity index (χ3v) is 6.52. The summed E-state index contributed by atoms with van der Waals surface area (Å²) < 4.78 is 3.30. The molecular weight excluding hydrogens is 382 g/mol. The van der Waals surface area contributed by atoms with Gasteiger partial charge in [-0.05, 0) is 37.5 Å². The fraction of sp³-hybridized carbons (Fsp3) is 0.261. The van der Waals surface area contributed by atoms with E-state index >= 15 is 0 Å². The lowest BCUT2D eigenvalue weighted by molar-refractivity contribution is -0.119. The highest BCUT2D eigenvalue weighted by Crippen LogP contribution is 2.33. The molecule has 1 N–H and O–H groups in total. The van der Waals surface area contributed by atoms with E-state index in [1.807, 2.05) is 69.3 Å². The van der Waals surface area contributed by atoms with Crippen molar-refractivity contribution in [1.82, 2.24) is 9.78 Å². The number of carbonyl (C=O) groups is 1. The number of amides is 1. The minimum absolute atomic E-state index is 0.214. The second-order valence-electron chi connectivity index (χ2n) is 7.06. The van der Waals surface area contributed by atoms with Crippen LogP contribution in [0.25, 0.3) is 20.2 Å². The van der Waals surface area contributed by atoms with Crippen molar-refractivity contribution >= 4 is 43.1 Å². The predicted octanol–water partition coefficient (Wildman–Crippen LogP) is 5.07. The van der Waals surface area contributed by atoms with Gasteiger partial charge in [0.15, 0.2) is 0 Å². The van der Waals surface area contributed by atoms with Gasteiger partial charge in [0, 0.05) is 15.8 Å². The minimum Gasteiger partial charge on any atom is -0.324 e. The van der Waals surface area contributed by atoms with Crippen LogP contribution < -0.4 is 10.9 Å². The normalized spacial score (nSPS) is 12.4. The summed E-state index contributed by atoms with van der Waals surface area (Å²) in [4.78, 5) is 26.5. The van der Waals surface area contributed by atoms with Crippen LogP contribution in [0.1, 0.15) is 37.6 Å². The summed E-state index contributed by atoms with van der Waals surface area (Å²) in [5, 5.41) is 9.10. The van der Waals surface area contributed by atoms with E-state index in [4.69, 9.17) is 0 Å². The van der Waals surface area contributed by atoms with E-state index in [0.717, 1.165) is 38.2 Å². The Labute approximate surface area is 173 Å². The Balaban J connectivity index is 1.81. The zero-order valence-electron chi connectivity index (χ0n) is 16.7. The average molecular weight is 406 g/mol.